The first-order valence-corrected chi connectivity index (χ1v) is 7.84. The summed E-state index contributed by atoms with van der Waals surface area (Å²) in [5.41, 5.74) is 0.0751. The molecule has 0 saturated carbocycles. The lowest BCUT2D eigenvalue weighted by Crippen LogP contribution is -2.52. The Morgan fingerprint density at radius 2 is 2.14 bits per heavy atom. The van der Waals surface area contributed by atoms with Gasteiger partial charge in [0.25, 0.3) is 0 Å². The van der Waals surface area contributed by atoms with E-state index in [2.05, 4.69) is 0 Å². The molecule has 2 aliphatic rings. The number of alkyl halides is 1. The molecule has 2 aliphatic heterocycles. The van der Waals surface area contributed by atoms with E-state index in [1.165, 1.54) is 0 Å². The van der Waals surface area contributed by atoms with Gasteiger partial charge in [0.2, 0.25) is 5.91 Å². The van der Waals surface area contributed by atoms with Gasteiger partial charge in [0, 0.05) is 25.9 Å². The molecule has 1 fully saturated rings. The van der Waals surface area contributed by atoms with E-state index in [9.17, 15) is 9.59 Å². The molecule has 0 unspecified atom stereocenters. The number of likely N-dealkylation sites (tertiary alicyclic amines) is 1. The zero-order chi connectivity index (χ0) is 15.7. The molecule has 0 radical (unpaired) electrons. The van der Waals surface area contributed by atoms with Crippen LogP contribution < -0.4 is 9.47 Å². The number of carbonyl (C=O) groups is 2. The number of carbonyl (C=O) groups excluding carboxylic acids is 2. The van der Waals surface area contributed by atoms with Crippen LogP contribution in [-0.2, 0) is 4.79 Å². The molecule has 1 amide bonds. The fourth-order valence-corrected chi connectivity index (χ4v) is 3.30. The molecule has 0 aliphatic carbocycles. The standard InChI is InChI=1S/C16H18ClNO4/c1-21-11-2-3-14-12(8-11)13(19)9-16(22-14)4-6-18(7-5-16)15(20)10-17/h2-3,8H,4-7,9-10H2,1H3. The summed E-state index contributed by atoms with van der Waals surface area (Å²) in [5, 5.41) is 0. The smallest absolute Gasteiger partial charge is 0.237 e. The van der Waals surface area contributed by atoms with E-state index >= 15 is 0 Å². The Balaban J connectivity index is 1.78. The van der Waals surface area contributed by atoms with Crippen molar-refractivity contribution in [1.82, 2.24) is 4.90 Å². The monoisotopic (exact) mass is 323 g/mol. The molecule has 22 heavy (non-hydrogen) atoms. The van der Waals surface area contributed by atoms with Crippen molar-refractivity contribution in [3.8, 4) is 11.5 Å². The van der Waals surface area contributed by atoms with Gasteiger partial charge in [-0.3, -0.25) is 9.59 Å². The number of piperidine rings is 1. The van der Waals surface area contributed by atoms with Gasteiger partial charge in [-0.05, 0) is 18.2 Å². The number of methoxy groups -OCH3 is 1. The summed E-state index contributed by atoms with van der Waals surface area (Å²) in [6.07, 6.45) is 1.63. The maximum Gasteiger partial charge on any atom is 0.237 e. The van der Waals surface area contributed by atoms with Crippen LogP contribution in [0.25, 0.3) is 0 Å². The molecule has 0 aromatic heterocycles. The largest absolute Gasteiger partial charge is 0.497 e. The Morgan fingerprint density at radius 1 is 1.41 bits per heavy atom. The van der Waals surface area contributed by atoms with Crippen LogP contribution in [0.4, 0.5) is 0 Å². The van der Waals surface area contributed by atoms with Crippen LogP contribution in [0.1, 0.15) is 29.6 Å². The Labute approximate surface area is 134 Å². The highest BCUT2D eigenvalue weighted by molar-refractivity contribution is 6.27. The molecule has 3 rings (SSSR count). The highest BCUT2D eigenvalue weighted by Crippen LogP contribution is 2.40. The van der Waals surface area contributed by atoms with Gasteiger partial charge in [-0.1, -0.05) is 0 Å². The van der Waals surface area contributed by atoms with Crippen molar-refractivity contribution in [1.29, 1.82) is 0 Å². The van der Waals surface area contributed by atoms with E-state index in [0.717, 1.165) is 0 Å². The second-order valence-electron chi connectivity index (χ2n) is 5.76. The lowest BCUT2D eigenvalue weighted by Gasteiger charge is -2.43. The molecule has 0 atom stereocenters. The average molecular weight is 324 g/mol. The van der Waals surface area contributed by atoms with Crippen molar-refractivity contribution in [2.45, 2.75) is 24.9 Å². The maximum atomic E-state index is 12.5. The first-order valence-electron chi connectivity index (χ1n) is 7.31. The number of fused-ring (bicyclic) bond motifs is 1. The molecule has 118 valence electrons. The Hall–Kier alpha value is -1.75. The molecule has 6 heteroatoms. The first-order chi connectivity index (χ1) is 10.6. The molecule has 1 aromatic carbocycles. The molecule has 0 bridgehead atoms. The Kier molecular flexibility index (Phi) is 4.00. The van der Waals surface area contributed by atoms with E-state index in [1.54, 1.807) is 30.2 Å². The predicted octanol–water partition coefficient (Wildman–Crippen LogP) is 2.26. The number of Topliss-reactive ketones (excluding diaryl/α,β-unsaturated/α-hetero) is 1. The Morgan fingerprint density at radius 3 is 2.77 bits per heavy atom. The number of hydrogen-bond donors (Lipinski definition) is 0. The molecule has 5 nitrogen and oxygen atoms in total. The molecule has 2 heterocycles. The van der Waals surface area contributed by atoms with Gasteiger partial charge in [0.05, 0.1) is 19.1 Å². The van der Waals surface area contributed by atoms with Crippen LogP contribution in [-0.4, -0.2) is 48.3 Å². The summed E-state index contributed by atoms with van der Waals surface area (Å²) in [5.74, 6) is 1.25. The highest BCUT2D eigenvalue weighted by Gasteiger charge is 2.43. The zero-order valence-corrected chi connectivity index (χ0v) is 13.2. The summed E-state index contributed by atoms with van der Waals surface area (Å²) in [6.45, 7) is 1.15. The molecule has 0 N–H and O–H groups in total. The van der Waals surface area contributed by atoms with E-state index in [1.807, 2.05) is 0 Å². The molecule has 1 saturated heterocycles. The number of rotatable bonds is 2. The number of nitrogens with zero attached hydrogens (tertiary/aromatic N) is 1. The van der Waals surface area contributed by atoms with Gasteiger partial charge in [-0.25, -0.2) is 0 Å². The fraction of sp³-hybridized carbons (Fsp3) is 0.500. The summed E-state index contributed by atoms with van der Waals surface area (Å²) >= 11 is 5.59. The summed E-state index contributed by atoms with van der Waals surface area (Å²) < 4.78 is 11.3. The van der Waals surface area contributed by atoms with E-state index in [-0.39, 0.29) is 17.6 Å². The topological polar surface area (TPSA) is 55.8 Å². The second-order valence-corrected chi connectivity index (χ2v) is 6.03. The average Bonchev–Trinajstić information content (AvgIpc) is 2.54. The van der Waals surface area contributed by atoms with Crippen molar-refractivity contribution in [3.63, 3.8) is 0 Å². The van der Waals surface area contributed by atoms with Crippen LogP contribution in [0.5, 0.6) is 11.5 Å². The SMILES string of the molecule is COc1ccc2c(c1)C(=O)CC1(CCN(C(=O)CCl)CC1)O2. The van der Waals surface area contributed by atoms with Gasteiger partial charge in [-0.15, -0.1) is 11.6 Å². The van der Waals surface area contributed by atoms with Crippen molar-refractivity contribution < 1.29 is 19.1 Å². The summed E-state index contributed by atoms with van der Waals surface area (Å²) in [4.78, 5) is 25.8. The molecule has 1 spiro atoms. The molecular formula is C16H18ClNO4. The minimum Gasteiger partial charge on any atom is -0.497 e. The Bertz CT molecular complexity index is 608. The third kappa shape index (κ3) is 2.65. The first kappa shape index (κ1) is 15.2. The number of ether oxygens (including phenoxy) is 2. The van der Waals surface area contributed by atoms with Crippen LogP contribution in [0.15, 0.2) is 18.2 Å². The van der Waals surface area contributed by atoms with Crippen LogP contribution in [0, 0.1) is 0 Å². The number of amides is 1. The molecule has 1 aromatic rings. The minimum absolute atomic E-state index is 0.00455. The number of benzene rings is 1. The third-order valence-electron chi connectivity index (χ3n) is 4.44. The second kappa shape index (κ2) is 5.80. The lowest BCUT2D eigenvalue weighted by molar-refractivity contribution is -0.132. The number of hydrogen-bond acceptors (Lipinski definition) is 4. The van der Waals surface area contributed by atoms with E-state index in [0.29, 0.717) is 49.4 Å². The van der Waals surface area contributed by atoms with Crippen molar-refractivity contribution in [2.24, 2.45) is 0 Å². The minimum atomic E-state index is -0.498. The van der Waals surface area contributed by atoms with Gasteiger partial charge in [0.1, 0.15) is 23.0 Å². The van der Waals surface area contributed by atoms with E-state index < -0.39 is 5.60 Å². The summed E-state index contributed by atoms with van der Waals surface area (Å²) in [7, 11) is 1.57. The lowest BCUT2D eigenvalue weighted by atomic mass is 9.82. The van der Waals surface area contributed by atoms with Crippen molar-refractivity contribution in [3.05, 3.63) is 23.8 Å². The van der Waals surface area contributed by atoms with Crippen molar-refractivity contribution >= 4 is 23.3 Å². The van der Waals surface area contributed by atoms with E-state index in [4.69, 9.17) is 21.1 Å². The summed E-state index contributed by atoms with van der Waals surface area (Å²) in [6, 6.07) is 5.29. The fourth-order valence-electron chi connectivity index (χ4n) is 3.13. The molecular weight excluding hydrogens is 306 g/mol. The van der Waals surface area contributed by atoms with Crippen LogP contribution >= 0.6 is 11.6 Å². The normalized spacial score (nSPS) is 19.5. The van der Waals surface area contributed by atoms with Gasteiger partial charge in [0.15, 0.2) is 5.78 Å². The van der Waals surface area contributed by atoms with Crippen molar-refractivity contribution in [2.75, 3.05) is 26.1 Å². The van der Waals surface area contributed by atoms with Gasteiger partial charge >= 0.3 is 0 Å². The number of ketones is 1. The number of halogens is 1. The predicted molar refractivity (Wildman–Crippen MR) is 81.8 cm³/mol. The van der Waals surface area contributed by atoms with Crippen LogP contribution in [0.3, 0.4) is 0 Å². The highest BCUT2D eigenvalue weighted by atomic mass is 35.5. The third-order valence-corrected chi connectivity index (χ3v) is 4.67. The van der Waals surface area contributed by atoms with Gasteiger partial charge < -0.3 is 14.4 Å². The zero-order valence-electron chi connectivity index (χ0n) is 12.4. The maximum absolute atomic E-state index is 12.5. The quantitative estimate of drug-likeness (QED) is 0.783. The van der Waals surface area contributed by atoms with Crippen LogP contribution in [0.2, 0.25) is 0 Å². The van der Waals surface area contributed by atoms with Gasteiger partial charge in [-0.2, -0.15) is 0 Å².